The number of rotatable bonds is 7. The lowest BCUT2D eigenvalue weighted by atomic mass is 10.1. The SMILES string of the molecule is CC1(CO)[C@H](C(=O)O[C@H](C#N)c2cccc(Oc3ccc(O)cc3)c2)[C@@H]1C=C(Cl)Cl. The molecule has 0 spiro atoms. The van der Waals surface area contributed by atoms with Crippen molar-refractivity contribution in [3.63, 3.8) is 0 Å². The maximum Gasteiger partial charge on any atom is 0.311 e. The van der Waals surface area contributed by atoms with E-state index in [1.54, 1.807) is 43.3 Å². The summed E-state index contributed by atoms with van der Waals surface area (Å²) in [4.78, 5) is 12.7. The van der Waals surface area contributed by atoms with Crippen LogP contribution in [0.3, 0.4) is 0 Å². The molecule has 2 aromatic carbocycles. The van der Waals surface area contributed by atoms with Gasteiger partial charge in [0.05, 0.1) is 5.92 Å². The highest BCUT2D eigenvalue weighted by molar-refractivity contribution is 6.55. The van der Waals surface area contributed by atoms with E-state index in [-0.39, 0.29) is 22.8 Å². The largest absolute Gasteiger partial charge is 0.508 e. The second kappa shape index (κ2) is 8.97. The number of phenols is 1. The fourth-order valence-electron chi connectivity index (χ4n) is 3.39. The highest BCUT2D eigenvalue weighted by atomic mass is 35.5. The summed E-state index contributed by atoms with van der Waals surface area (Å²) < 4.78 is 11.1. The Hall–Kier alpha value is -2.72. The third kappa shape index (κ3) is 4.71. The molecule has 2 aromatic rings. The van der Waals surface area contributed by atoms with Crippen LogP contribution < -0.4 is 4.74 Å². The number of aromatic hydroxyl groups is 1. The number of phenolic OH excluding ortho intramolecular Hbond substituents is 1. The number of nitrogens with zero attached hydrogens (tertiary/aromatic N) is 1. The van der Waals surface area contributed by atoms with Crippen LogP contribution in [0.5, 0.6) is 17.2 Å². The maximum absolute atomic E-state index is 12.7. The molecule has 1 saturated carbocycles. The number of nitriles is 1. The molecule has 0 aliphatic heterocycles. The first kappa shape index (κ1) is 22.0. The van der Waals surface area contributed by atoms with Gasteiger partial charge in [0.25, 0.3) is 0 Å². The van der Waals surface area contributed by atoms with Crippen molar-refractivity contribution in [1.82, 2.24) is 0 Å². The number of aliphatic hydroxyl groups is 1. The molecular weight excluding hydrogens is 429 g/mol. The topological polar surface area (TPSA) is 99.8 Å². The Kier molecular flexibility index (Phi) is 6.57. The molecule has 0 bridgehead atoms. The van der Waals surface area contributed by atoms with Crippen LogP contribution in [-0.4, -0.2) is 22.8 Å². The van der Waals surface area contributed by atoms with E-state index in [0.29, 0.717) is 17.1 Å². The number of benzene rings is 2. The molecule has 1 aliphatic rings. The van der Waals surface area contributed by atoms with Crippen LogP contribution in [0.15, 0.2) is 59.1 Å². The molecule has 156 valence electrons. The molecule has 0 aromatic heterocycles. The summed E-state index contributed by atoms with van der Waals surface area (Å²) in [6, 6.07) is 14.8. The summed E-state index contributed by atoms with van der Waals surface area (Å²) in [6.45, 7) is 1.48. The number of allylic oxidation sites excluding steroid dienone is 1. The van der Waals surface area contributed by atoms with Gasteiger partial charge in [0.2, 0.25) is 6.10 Å². The molecule has 1 unspecified atom stereocenters. The summed E-state index contributed by atoms with van der Waals surface area (Å²) in [5.74, 6) is -0.578. The van der Waals surface area contributed by atoms with Gasteiger partial charge in [-0.2, -0.15) is 5.26 Å². The average Bonchev–Trinajstić information content (AvgIpc) is 3.31. The first-order valence-electron chi connectivity index (χ1n) is 9.09. The summed E-state index contributed by atoms with van der Waals surface area (Å²) in [5, 5.41) is 28.5. The molecule has 30 heavy (non-hydrogen) atoms. The van der Waals surface area contributed by atoms with E-state index < -0.39 is 23.4 Å². The normalized spacial score (nSPS) is 23.0. The predicted molar refractivity (Wildman–Crippen MR) is 111 cm³/mol. The van der Waals surface area contributed by atoms with Gasteiger partial charge in [-0.3, -0.25) is 4.79 Å². The van der Waals surface area contributed by atoms with E-state index in [4.69, 9.17) is 32.7 Å². The number of carbonyl (C=O) groups excluding carboxylic acids is 1. The first-order valence-corrected chi connectivity index (χ1v) is 9.84. The predicted octanol–water partition coefficient (Wildman–Crippen LogP) is 4.86. The van der Waals surface area contributed by atoms with Crippen molar-refractivity contribution >= 4 is 29.2 Å². The second-order valence-corrected chi connectivity index (χ2v) is 8.25. The van der Waals surface area contributed by atoms with Gasteiger partial charge in [0.1, 0.15) is 27.8 Å². The van der Waals surface area contributed by atoms with Crippen molar-refractivity contribution in [3.05, 3.63) is 64.7 Å². The molecule has 6 nitrogen and oxygen atoms in total. The molecule has 0 saturated heterocycles. The lowest BCUT2D eigenvalue weighted by molar-refractivity contribution is -0.149. The van der Waals surface area contributed by atoms with Gasteiger partial charge in [-0.1, -0.05) is 42.3 Å². The average molecular weight is 448 g/mol. The van der Waals surface area contributed by atoms with Gasteiger partial charge in [0.15, 0.2) is 0 Å². The van der Waals surface area contributed by atoms with E-state index >= 15 is 0 Å². The molecule has 0 heterocycles. The fraction of sp³-hybridized carbons (Fsp3) is 0.273. The molecule has 4 atom stereocenters. The van der Waals surface area contributed by atoms with Gasteiger partial charge in [-0.05, 0) is 42.5 Å². The molecule has 3 rings (SSSR count). The maximum atomic E-state index is 12.7. The van der Waals surface area contributed by atoms with Crippen molar-refractivity contribution < 1.29 is 24.5 Å². The second-order valence-electron chi connectivity index (χ2n) is 7.24. The van der Waals surface area contributed by atoms with Gasteiger partial charge >= 0.3 is 5.97 Å². The summed E-state index contributed by atoms with van der Waals surface area (Å²) in [6.07, 6.45) is 0.346. The molecular formula is C22H19Cl2NO5. The van der Waals surface area contributed by atoms with Crippen LogP contribution in [0.1, 0.15) is 18.6 Å². The van der Waals surface area contributed by atoms with E-state index in [1.165, 1.54) is 18.2 Å². The van der Waals surface area contributed by atoms with Crippen molar-refractivity contribution in [1.29, 1.82) is 5.26 Å². The Labute approximate surface area is 183 Å². The van der Waals surface area contributed by atoms with E-state index in [2.05, 4.69) is 0 Å². The van der Waals surface area contributed by atoms with E-state index in [9.17, 15) is 20.3 Å². The number of carbonyl (C=O) groups is 1. The summed E-state index contributed by atoms with van der Waals surface area (Å²) in [7, 11) is 0. The van der Waals surface area contributed by atoms with Crippen molar-refractivity contribution in [2.24, 2.45) is 17.3 Å². The van der Waals surface area contributed by atoms with Crippen LogP contribution in [0.4, 0.5) is 0 Å². The van der Waals surface area contributed by atoms with E-state index in [1.807, 2.05) is 6.07 Å². The lowest BCUT2D eigenvalue weighted by Crippen LogP contribution is -2.17. The number of ether oxygens (including phenoxy) is 2. The molecule has 0 radical (unpaired) electrons. The summed E-state index contributed by atoms with van der Waals surface area (Å²) >= 11 is 11.4. The number of hydrogen-bond donors (Lipinski definition) is 2. The van der Waals surface area contributed by atoms with E-state index in [0.717, 1.165) is 0 Å². The molecule has 8 heteroatoms. The highest BCUT2D eigenvalue weighted by Gasteiger charge is 2.64. The molecule has 1 fully saturated rings. The van der Waals surface area contributed by atoms with Crippen molar-refractivity contribution in [3.8, 4) is 23.3 Å². The van der Waals surface area contributed by atoms with Crippen LogP contribution >= 0.6 is 23.2 Å². The van der Waals surface area contributed by atoms with Gasteiger partial charge in [-0.25, -0.2) is 0 Å². The van der Waals surface area contributed by atoms with Crippen molar-refractivity contribution in [2.45, 2.75) is 13.0 Å². The van der Waals surface area contributed by atoms with Gasteiger partial charge in [0, 0.05) is 23.5 Å². The Balaban J connectivity index is 1.73. The molecule has 0 amide bonds. The van der Waals surface area contributed by atoms with Gasteiger partial charge < -0.3 is 19.7 Å². The number of esters is 1. The number of aliphatic hydroxyl groups excluding tert-OH is 1. The minimum Gasteiger partial charge on any atom is -0.508 e. The van der Waals surface area contributed by atoms with Crippen LogP contribution in [0, 0.1) is 28.6 Å². The highest BCUT2D eigenvalue weighted by Crippen LogP contribution is 2.60. The van der Waals surface area contributed by atoms with Crippen LogP contribution in [0.25, 0.3) is 0 Å². The lowest BCUT2D eigenvalue weighted by Gasteiger charge is -2.14. The standard InChI is InChI=1S/C22H19Cl2NO5/c1-22(12-26)17(10-19(23)24)20(22)21(28)30-18(11-25)13-3-2-4-16(9-13)29-15-7-5-14(27)6-8-15/h2-10,17-18,20,26-27H,12H2,1H3/t17-,18+,20-,22?/m0/s1. The zero-order chi connectivity index (χ0) is 21.9. The third-order valence-corrected chi connectivity index (χ3v) is 5.46. The van der Waals surface area contributed by atoms with Gasteiger partial charge in [-0.15, -0.1) is 0 Å². The third-order valence-electron chi connectivity index (χ3n) is 5.21. The first-order chi connectivity index (χ1) is 14.3. The fourth-order valence-corrected chi connectivity index (χ4v) is 3.66. The molecule has 1 aliphatic carbocycles. The zero-order valence-corrected chi connectivity index (χ0v) is 17.5. The smallest absolute Gasteiger partial charge is 0.311 e. The number of hydrogen-bond acceptors (Lipinski definition) is 6. The Morgan fingerprint density at radius 3 is 2.57 bits per heavy atom. The van der Waals surface area contributed by atoms with Crippen molar-refractivity contribution in [2.75, 3.05) is 6.61 Å². The Morgan fingerprint density at radius 1 is 1.27 bits per heavy atom. The quantitative estimate of drug-likeness (QED) is 0.587. The van der Waals surface area contributed by atoms with Crippen LogP contribution in [-0.2, 0) is 9.53 Å². The minimum atomic E-state index is -1.15. The zero-order valence-electron chi connectivity index (χ0n) is 16.0. The van der Waals surface area contributed by atoms with Crippen LogP contribution in [0.2, 0.25) is 0 Å². The Bertz CT molecular complexity index is 997. The Morgan fingerprint density at radius 2 is 1.97 bits per heavy atom. The minimum absolute atomic E-state index is 0.00545. The summed E-state index contributed by atoms with van der Waals surface area (Å²) in [5.41, 5.74) is -0.299. The molecule has 2 N–H and O–H groups in total. The monoisotopic (exact) mass is 447 g/mol. The number of halogens is 2.